The van der Waals surface area contributed by atoms with Gasteiger partial charge in [0.1, 0.15) is 5.76 Å². The highest BCUT2D eigenvalue weighted by Gasteiger charge is 2.13. The molecular formula is C14H17NO3S. The number of carbonyl (C=O) groups is 1. The lowest BCUT2D eigenvalue weighted by Gasteiger charge is -2.12. The van der Waals surface area contributed by atoms with Gasteiger partial charge in [-0.25, -0.2) is 4.79 Å². The molecule has 0 saturated carbocycles. The lowest BCUT2D eigenvalue weighted by Crippen LogP contribution is -2.17. The van der Waals surface area contributed by atoms with Crippen molar-refractivity contribution < 1.29 is 14.3 Å². The maximum Gasteiger partial charge on any atom is 0.371 e. The number of aryl methyl sites for hydroxylation is 2. The molecule has 4 nitrogen and oxygen atoms in total. The second kappa shape index (κ2) is 5.59. The molecule has 0 spiro atoms. The summed E-state index contributed by atoms with van der Waals surface area (Å²) < 4.78 is 5.21. The number of nitrogens with one attached hydrogen (secondary N) is 1. The monoisotopic (exact) mass is 279 g/mol. The van der Waals surface area contributed by atoms with E-state index in [-0.39, 0.29) is 11.8 Å². The molecule has 5 heteroatoms. The standard InChI is InChI=1S/C14H17NO3S/c1-8-6-12(10(3)19-8)9(2)15-7-11-4-5-13(18-11)14(16)17/h4-6,9,15H,7H2,1-3H3,(H,16,17). The van der Waals surface area contributed by atoms with Gasteiger partial charge in [-0.2, -0.15) is 0 Å². The van der Waals surface area contributed by atoms with E-state index in [1.807, 2.05) is 0 Å². The SMILES string of the molecule is Cc1cc(C(C)NCc2ccc(C(=O)O)o2)c(C)s1. The largest absolute Gasteiger partial charge is 0.475 e. The van der Waals surface area contributed by atoms with Crippen LogP contribution in [-0.2, 0) is 6.54 Å². The molecule has 0 aliphatic carbocycles. The first kappa shape index (κ1) is 13.8. The van der Waals surface area contributed by atoms with Crippen molar-refractivity contribution in [3.63, 3.8) is 0 Å². The van der Waals surface area contributed by atoms with Crippen molar-refractivity contribution in [1.82, 2.24) is 5.32 Å². The number of carboxylic acid groups (broad SMARTS) is 1. The summed E-state index contributed by atoms with van der Waals surface area (Å²) in [4.78, 5) is 13.3. The van der Waals surface area contributed by atoms with Gasteiger partial charge in [0.2, 0.25) is 5.76 Å². The molecule has 19 heavy (non-hydrogen) atoms. The minimum absolute atomic E-state index is 0.0213. The van der Waals surface area contributed by atoms with Gasteiger partial charge >= 0.3 is 5.97 Å². The summed E-state index contributed by atoms with van der Waals surface area (Å²) in [5, 5.41) is 12.1. The normalized spacial score (nSPS) is 12.6. The molecule has 0 amide bonds. The Kier molecular flexibility index (Phi) is 4.07. The fourth-order valence-electron chi connectivity index (χ4n) is 2.03. The highest BCUT2D eigenvalue weighted by Crippen LogP contribution is 2.26. The van der Waals surface area contributed by atoms with E-state index < -0.39 is 5.97 Å². The molecule has 0 aliphatic rings. The van der Waals surface area contributed by atoms with Crippen molar-refractivity contribution in [1.29, 1.82) is 0 Å². The van der Waals surface area contributed by atoms with Crippen LogP contribution in [0.25, 0.3) is 0 Å². The number of rotatable bonds is 5. The fourth-order valence-corrected chi connectivity index (χ4v) is 3.05. The Morgan fingerprint density at radius 1 is 1.47 bits per heavy atom. The van der Waals surface area contributed by atoms with E-state index in [4.69, 9.17) is 9.52 Å². The van der Waals surface area contributed by atoms with Crippen molar-refractivity contribution in [2.45, 2.75) is 33.4 Å². The first-order valence-electron chi connectivity index (χ1n) is 6.09. The van der Waals surface area contributed by atoms with Crippen LogP contribution in [0.3, 0.4) is 0 Å². The van der Waals surface area contributed by atoms with Crippen LogP contribution < -0.4 is 5.32 Å². The summed E-state index contributed by atoms with van der Waals surface area (Å²) in [6.45, 7) is 6.82. The van der Waals surface area contributed by atoms with E-state index in [0.717, 1.165) is 0 Å². The lowest BCUT2D eigenvalue weighted by atomic mass is 10.1. The van der Waals surface area contributed by atoms with Gasteiger partial charge in [0, 0.05) is 15.8 Å². The molecule has 2 N–H and O–H groups in total. The number of carboxylic acids is 1. The molecule has 0 radical (unpaired) electrons. The van der Waals surface area contributed by atoms with E-state index in [0.29, 0.717) is 12.3 Å². The van der Waals surface area contributed by atoms with Gasteiger partial charge in [-0.15, -0.1) is 11.3 Å². The average Bonchev–Trinajstić information content (AvgIpc) is 2.93. The van der Waals surface area contributed by atoms with Crippen LogP contribution in [0.5, 0.6) is 0 Å². The van der Waals surface area contributed by atoms with Gasteiger partial charge in [-0.1, -0.05) is 0 Å². The summed E-state index contributed by atoms with van der Waals surface area (Å²) in [5.74, 6) is -0.426. The van der Waals surface area contributed by atoms with Gasteiger partial charge in [-0.05, 0) is 44.5 Å². The molecule has 0 saturated heterocycles. The first-order chi connectivity index (χ1) is 8.97. The third-order valence-electron chi connectivity index (χ3n) is 3.00. The summed E-state index contributed by atoms with van der Waals surface area (Å²) in [7, 11) is 0. The number of thiophene rings is 1. The minimum atomic E-state index is -1.04. The van der Waals surface area contributed by atoms with Crippen LogP contribution in [-0.4, -0.2) is 11.1 Å². The van der Waals surface area contributed by atoms with Crippen LogP contribution >= 0.6 is 11.3 Å². The summed E-state index contributed by atoms with van der Waals surface area (Å²) in [6, 6.07) is 5.56. The topological polar surface area (TPSA) is 62.5 Å². The minimum Gasteiger partial charge on any atom is -0.475 e. The smallest absolute Gasteiger partial charge is 0.371 e. The molecule has 1 atom stereocenters. The van der Waals surface area contributed by atoms with Gasteiger partial charge < -0.3 is 14.8 Å². The van der Waals surface area contributed by atoms with Crippen molar-refractivity contribution >= 4 is 17.3 Å². The zero-order valence-electron chi connectivity index (χ0n) is 11.2. The van der Waals surface area contributed by atoms with Crippen LogP contribution in [0.1, 0.15) is 44.6 Å². The summed E-state index contributed by atoms with van der Waals surface area (Å²) in [5.41, 5.74) is 1.28. The van der Waals surface area contributed by atoms with Crippen LogP contribution in [0, 0.1) is 13.8 Å². The zero-order valence-corrected chi connectivity index (χ0v) is 12.0. The molecule has 2 aromatic rings. The fraction of sp³-hybridized carbons (Fsp3) is 0.357. The molecule has 0 aromatic carbocycles. The number of hydrogen-bond donors (Lipinski definition) is 2. The molecular weight excluding hydrogens is 262 g/mol. The van der Waals surface area contributed by atoms with Crippen molar-refractivity contribution in [3.05, 3.63) is 45.0 Å². The van der Waals surface area contributed by atoms with E-state index in [1.54, 1.807) is 17.4 Å². The van der Waals surface area contributed by atoms with Crippen LogP contribution in [0.2, 0.25) is 0 Å². The Morgan fingerprint density at radius 2 is 2.21 bits per heavy atom. The number of furan rings is 1. The predicted molar refractivity (Wildman–Crippen MR) is 74.7 cm³/mol. The highest BCUT2D eigenvalue weighted by molar-refractivity contribution is 7.12. The number of hydrogen-bond acceptors (Lipinski definition) is 4. The lowest BCUT2D eigenvalue weighted by molar-refractivity contribution is 0.0660. The molecule has 2 heterocycles. The molecule has 0 bridgehead atoms. The second-order valence-electron chi connectivity index (χ2n) is 4.54. The average molecular weight is 279 g/mol. The first-order valence-corrected chi connectivity index (χ1v) is 6.91. The van der Waals surface area contributed by atoms with E-state index in [1.165, 1.54) is 21.4 Å². The van der Waals surface area contributed by atoms with E-state index in [9.17, 15) is 4.79 Å². The van der Waals surface area contributed by atoms with Crippen molar-refractivity contribution in [2.75, 3.05) is 0 Å². The van der Waals surface area contributed by atoms with Gasteiger partial charge in [-0.3, -0.25) is 0 Å². The van der Waals surface area contributed by atoms with E-state index >= 15 is 0 Å². The van der Waals surface area contributed by atoms with Gasteiger partial charge in [0.25, 0.3) is 0 Å². The molecule has 2 rings (SSSR count). The van der Waals surface area contributed by atoms with Gasteiger partial charge in [0.05, 0.1) is 6.54 Å². The molecule has 0 aliphatic heterocycles. The number of aromatic carboxylic acids is 1. The Labute approximate surface area is 116 Å². The summed E-state index contributed by atoms with van der Waals surface area (Å²) in [6.07, 6.45) is 0. The van der Waals surface area contributed by atoms with Gasteiger partial charge in [0.15, 0.2) is 0 Å². The zero-order chi connectivity index (χ0) is 14.0. The maximum absolute atomic E-state index is 10.7. The highest BCUT2D eigenvalue weighted by atomic mass is 32.1. The third kappa shape index (κ3) is 3.24. The van der Waals surface area contributed by atoms with Crippen molar-refractivity contribution in [2.24, 2.45) is 0 Å². The Morgan fingerprint density at radius 3 is 2.74 bits per heavy atom. The maximum atomic E-state index is 10.7. The Balaban J connectivity index is 1.98. The predicted octanol–water partition coefficient (Wildman–Crippen LogP) is 3.51. The second-order valence-corrected chi connectivity index (χ2v) is 6.00. The van der Waals surface area contributed by atoms with Crippen LogP contribution in [0.4, 0.5) is 0 Å². The third-order valence-corrected chi connectivity index (χ3v) is 3.98. The Bertz CT molecular complexity index is 585. The molecule has 2 aromatic heterocycles. The summed E-state index contributed by atoms with van der Waals surface area (Å²) >= 11 is 1.79. The van der Waals surface area contributed by atoms with E-state index in [2.05, 4.69) is 32.2 Å². The Hall–Kier alpha value is -1.59. The van der Waals surface area contributed by atoms with Crippen LogP contribution in [0.15, 0.2) is 22.6 Å². The molecule has 1 unspecified atom stereocenters. The quantitative estimate of drug-likeness (QED) is 0.879. The molecule has 102 valence electrons. The molecule has 0 fully saturated rings. The van der Waals surface area contributed by atoms with Crippen molar-refractivity contribution in [3.8, 4) is 0 Å².